The number of hydrogen-bond acceptors (Lipinski definition) is 1. The maximum Gasteiger partial charge on any atom is 0.0579 e. The second kappa shape index (κ2) is 4.95. The molecule has 0 aromatic heterocycles. The lowest BCUT2D eigenvalue weighted by Crippen LogP contribution is -2.33. The minimum absolute atomic E-state index is 0.352. The highest BCUT2D eigenvalue weighted by Gasteiger charge is 2.25. The third kappa shape index (κ3) is 1.95. The van der Waals surface area contributed by atoms with Gasteiger partial charge in [-0.15, -0.1) is 0 Å². The molecule has 2 atom stereocenters. The number of rotatable bonds is 2. The van der Waals surface area contributed by atoms with Crippen molar-refractivity contribution in [2.24, 2.45) is 0 Å². The van der Waals surface area contributed by atoms with Crippen molar-refractivity contribution in [3.8, 4) is 0 Å². The Kier molecular flexibility index (Phi) is 3.16. The van der Waals surface area contributed by atoms with Gasteiger partial charge in [-0.3, -0.25) is 0 Å². The molecule has 0 radical (unpaired) electrons. The van der Waals surface area contributed by atoms with E-state index in [0.29, 0.717) is 12.0 Å². The molecule has 1 heteroatoms. The molecular weight excluding hydrogens is 218 g/mol. The Labute approximate surface area is 109 Å². The molecule has 1 aliphatic rings. The number of fused-ring (bicyclic) bond motifs is 1. The quantitative estimate of drug-likeness (QED) is 0.836. The molecule has 92 valence electrons. The summed E-state index contributed by atoms with van der Waals surface area (Å²) < 4.78 is 0. The molecule has 1 aliphatic heterocycles. The van der Waals surface area contributed by atoms with Crippen LogP contribution in [0.25, 0.3) is 0 Å². The van der Waals surface area contributed by atoms with Crippen LogP contribution in [0.2, 0.25) is 0 Å². The molecule has 18 heavy (non-hydrogen) atoms. The van der Waals surface area contributed by atoms with Gasteiger partial charge >= 0.3 is 0 Å². The van der Waals surface area contributed by atoms with E-state index in [9.17, 15) is 0 Å². The molecule has 0 saturated carbocycles. The second-order valence-electron chi connectivity index (χ2n) is 4.99. The van der Waals surface area contributed by atoms with Gasteiger partial charge in [-0.2, -0.15) is 0 Å². The summed E-state index contributed by atoms with van der Waals surface area (Å²) >= 11 is 0. The standard InChI is InChI=1S/C17H19N/c1-2-13-12-18-17(14-8-4-3-5-9-14)16-11-7-6-10-15(13)16/h3-11,13,17-18H,2,12H2,1H3/t13-,17-/m0/s1. The average molecular weight is 237 g/mol. The van der Waals surface area contributed by atoms with E-state index in [0.717, 1.165) is 6.54 Å². The van der Waals surface area contributed by atoms with Crippen LogP contribution in [0.1, 0.15) is 42.0 Å². The molecule has 0 saturated heterocycles. The van der Waals surface area contributed by atoms with Gasteiger partial charge in [0.15, 0.2) is 0 Å². The number of nitrogens with one attached hydrogen (secondary N) is 1. The molecule has 3 rings (SSSR count). The van der Waals surface area contributed by atoms with E-state index in [1.54, 1.807) is 0 Å². The van der Waals surface area contributed by atoms with Gasteiger partial charge < -0.3 is 5.32 Å². The minimum atomic E-state index is 0.352. The van der Waals surface area contributed by atoms with Crippen LogP contribution >= 0.6 is 0 Å². The van der Waals surface area contributed by atoms with Crippen LogP contribution in [0.15, 0.2) is 54.6 Å². The topological polar surface area (TPSA) is 12.0 Å². The molecule has 0 aliphatic carbocycles. The first-order chi connectivity index (χ1) is 8.90. The fourth-order valence-electron chi connectivity index (χ4n) is 2.93. The van der Waals surface area contributed by atoms with Gasteiger partial charge in [0, 0.05) is 6.54 Å². The van der Waals surface area contributed by atoms with Crippen molar-refractivity contribution in [1.82, 2.24) is 5.32 Å². The van der Waals surface area contributed by atoms with E-state index in [4.69, 9.17) is 0 Å². The summed E-state index contributed by atoms with van der Waals surface area (Å²) in [4.78, 5) is 0. The van der Waals surface area contributed by atoms with Crippen LogP contribution in [-0.4, -0.2) is 6.54 Å². The maximum absolute atomic E-state index is 3.69. The molecule has 1 N–H and O–H groups in total. The Morgan fingerprint density at radius 3 is 2.33 bits per heavy atom. The Bertz CT molecular complexity index is 518. The first-order valence-corrected chi connectivity index (χ1v) is 6.77. The first-order valence-electron chi connectivity index (χ1n) is 6.77. The normalized spacial score (nSPS) is 22.5. The van der Waals surface area contributed by atoms with E-state index in [1.165, 1.54) is 23.1 Å². The van der Waals surface area contributed by atoms with Crippen molar-refractivity contribution in [1.29, 1.82) is 0 Å². The molecule has 0 unspecified atom stereocenters. The molecule has 1 heterocycles. The smallest absolute Gasteiger partial charge is 0.0579 e. The molecule has 0 spiro atoms. The zero-order valence-electron chi connectivity index (χ0n) is 10.8. The third-order valence-corrected chi connectivity index (χ3v) is 3.94. The summed E-state index contributed by atoms with van der Waals surface area (Å²) in [5.41, 5.74) is 4.33. The summed E-state index contributed by atoms with van der Waals surface area (Å²) in [6.07, 6.45) is 1.20. The highest BCUT2D eigenvalue weighted by molar-refractivity contribution is 5.41. The maximum atomic E-state index is 3.69. The second-order valence-corrected chi connectivity index (χ2v) is 4.99. The summed E-state index contributed by atoms with van der Waals surface area (Å²) in [5, 5.41) is 3.69. The van der Waals surface area contributed by atoms with Crippen LogP contribution in [0.4, 0.5) is 0 Å². The van der Waals surface area contributed by atoms with Crippen LogP contribution in [0.3, 0.4) is 0 Å². The van der Waals surface area contributed by atoms with Crippen molar-refractivity contribution in [2.45, 2.75) is 25.3 Å². The van der Waals surface area contributed by atoms with Gasteiger partial charge in [0.2, 0.25) is 0 Å². The highest BCUT2D eigenvalue weighted by Crippen LogP contribution is 2.34. The summed E-state index contributed by atoms with van der Waals surface area (Å²) in [6, 6.07) is 19.9. The monoisotopic (exact) mass is 237 g/mol. The van der Waals surface area contributed by atoms with Crippen molar-refractivity contribution >= 4 is 0 Å². The molecule has 2 aromatic carbocycles. The third-order valence-electron chi connectivity index (χ3n) is 3.94. The van der Waals surface area contributed by atoms with E-state index in [1.807, 2.05) is 0 Å². The van der Waals surface area contributed by atoms with Crippen LogP contribution < -0.4 is 5.32 Å². The number of hydrogen-bond donors (Lipinski definition) is 1. The molecular formula is C17H19N. The lowest BCUT2D eigenvalue weighted by Gasteiger charge is -2.32. The van der Waals surface area contributed by atoms with Crippen molar-refractivity contribution in [3.05, 3.63) is 71.3 Å². The van der Waals surface area contributed by atoms with E-state index in [-0.39, 0.29) is 0 Å². The molecule has 2 aromatic rings. The Balaban J connectivity index is 2.04. The van der Waals surface area contributed by atoms with Gasteiger partial charge in [-0.05, 0) is 29.0 Å². The predicted octanol–water partition coefficient (Wildman–Crippen LogP) is 3.87. The van der Waals surface area contributed by atoms with Crippen molar-refractivity contribution in [3.63, 3.8) is 0 Å². The van der Waals surface area contributed by atoms with Gasteiger partial charge in [-0.1, -0.05) is 61.5 Å². The van der Waals surface area contributed by atoms with Gasteiger partial charge in [0.05, 0.1) is 6.04 Å². The van der Waals surface area contributed by atoms with Crippen molar-refractivity contribution in [2.75, 3.05) is 6.54 Å². The SMILES string of the molecule is CC[C@H]1CN[C@@H](c2ccccc2)c2ccccc21. The first kappa shape index (κ1) is 11.5. The Morgan fingerprint density at radius 1 is 0.944 bits per heavy atom. The van der Waals surface area contributed by atoms with Crippen LogP contribution in [0.5, 0.6) is 0 Å². The zero-order chi connectivity index (χ0) is 12.4. The van der Waals surface area contributed by atoms with Gasteiger partial charge in [0.1, 0.15) is 0 Å². The molecule has 0 fully saturated rings. The Hall–Kier alpha value is -1.60. The largest absolute Gasteiger partial charge is 0.306 e. The molecule has 1 nitrogen and oxygen atoms in total. The van der Waals surface area contributed by atoms with Gasteiger partial charge in [0.25, 0.3) is 0 Å². The summed E-state index contributed by atoms with van der Waals surface area (Å²) in [7, 11) is 0. The predicted molar refractivity (Wildman–Crippen MR) is 75.8 cm³/mol. The lowest BCUT2D eigenvalue weighted by molar-refractivity contribution is 0.487. The number of benzene rings is 2. The molecule has 0 bridgehead atoms. The highest BCUT2D eigenvalue weighted by atomic mass is 14.9. The zero-order valence-corrected chi connectivity index (χ0v) is 10.8. The Morgan fingerprint density at radius 2 is 1.61 bits per heavy atom. The summed E-state index contributed by atoms with van der Waals surface area (Å²) in [6.45, 7) is 3.35. The van der Waals surface area contributed by atoms with Crippen molar-refractivity contribution < 1.29 is 0 Å². The van der Waals surface area contributed by atoms with E-state index >= 15 is 0 Å². The lowest BCUT2D eigenvalue weighted by atomic mass is 9.83. The fourth-order valence-corrected chi connectivity index (χ4v) is 2.93. The molecule has 0 amide bonds. The average Bonchev–Trinajstić information content (AvgIpc) is 2.47. The van der Waals surface area contributed by atoms with E-state index < -0.39 is 0 Å². The fraction of sp³-hybridized carbons (Fsp3) is 0.294. The minimum Gasteiger partial charge on any atom is -0.306 e. The van der Waals surface area contributed by atoms with E-state index in [2.05, 4.69) is 66.8 Å². The van der Waals surface area contributed by atoms with Gasteiger partial charge in [-0.25, -0.2) is 0 Å². The van der Waals surface area contributed by atoms with Crippen LogP contribution in [-0.2, 0) is 0 Å². The summed E-state index contributed by atoms with van der Waals surface area (Å²) in [5.74, 6) is 0.654. The van der Waals surface area contributed by atoms with Crippen LogP contribution in [0, 0.1) is 0 Å².